The van der Waals surface area contributed by atoms with Crippen LogP contribution in [0, 0.1) is 0 Å². The fraction of sp³-hybridized carbons (Fsp3) is 0.435. The molecular formula is C23H29N3O3. The largest absolute Gasteiger partial charge is 0.494 e. The van der Waals surface area contributed by atoms with Crippen molar-refractivity contribution in [1.82, 2.24) is 14.8 Å². The Hall–Kier alpha value is -2.73. The molecule has 6 heteroatoms. The first-order valence-electron chi connectivity index (χ1n) is 10.6. The number of piperidine rings is 1. The normalized spacial score (nSPS) is 14.9. The predicted molar refractivity (Wildman–Crippen MR) is 113 cm³/mol. The maximum Gasteiger partial charge on any atom is 0.268 e. The molecule has 6 nitrogen and oxygen atoms in total. The third-order valence-corrected chi connectivity index (χ3v) is 5.46. The molecule has 0 radical (unpaired) electrons. The fourth-order valence-electron chi connectivity index (χ4n) is 3.94. The first kappa shape index (κ1) is 19.6. The number of rotatable bonds is 9. The van der Waals surface area contributed by atoms with Gasteiger partial charge in [0.2, 0.25) is 0 Å². The van der Waals surface area contributed by atoms with Crippen molar-refractivity contribution in [1.29, 1.82) is 0 Å². The highest BCUT2D eigenvalue weighted by Gasteiger charge is 2.17. The van der Waals surface area contributed by atoms with Gasteiger partial charge in [0.25, 0.3) is 5.91 Å². The van der Waals surface area contributed by atoms with Crippen LogP contribution in [0.5, 0.6) is 5.75 Å². The van der Waals surface area contributed by atoms with Crippen LogP contribution < -0.4 is 10.1 Å². The van der Waals surface area contributed by atoms with E-state index in [1.807, 2.05) is 47.0 Å². The zero-order chi connectivity index (χ0) is 19.9. The number of likely N-dealkylation sites (tertiary alicyclic amines) is 1. The molecule has 3 aromatic rings. The Bertz CT molecular complexity index is 910. The number of furan rings is 1. The van der Waals surface area contributed by atoms with Crippen molar-refractivity contribution in [2.24, 2.45) is 0 Å². The number of para-hydroxylation sites is 1. The minimum absolute atomic E-state index is 0.0441. The van der Waals surface area contributed by atoms with E-state index >= 15 is 0 Å². The summed E-state index contributed by atoms with van der Waals surface area (Å²) >= 11 is 0. The van der Waals surface area contributed by atoms with Gasteiger partial charge in [0.1, 0.15) is 11.4 Å². The number of carbonyl (C=O) groups is 1. The molecule has 0 saturated carbocycles. The summed E-state index contributed by atoms with van der Waals surface area (Å²) in [5.74, 6) is 0.821. The number of hydrogen-bond acceptors (Lipinski definition) is 4. The number of amides is 1. The van der Waals surface area contributed by atoms with Gasteiger partial charge in [-0.15, -0.1) is 0 Å². The van der Waals surface area contributed by atoms with Gasteiger partial charge < -0.3 is 23.9 Å². The molecule has 0 aliphatic carbocycles. The van der Waals surface area contributed by atoms with Crippen molar-refractivity contribution in [2.75, 3.05) is 32.8 Å². The van der Waals surface area contributed by atoms with E-state index in [9.17, 15) is 4.79 Å². The summed E-state index contributed by atoms with van der Waals surface area (Å²) in [7, 11) is 0. The topological polar surface area (TPSA) is 59.6 Å². The second-order valence-electron chi connectivity index (χ2n) is 7.52. The van der Waals surface area contributed by atoms with Gasteiger partial charge in [-0.3, -0.25) is 4.79 Å². The van der Waals surface area contributed by atoms with Crippen LogP contribution in [-0.4, -0.2) is 48.2 Å². The highest BCUT2D eigenvalue weighted by Crippen LogP contribution is 2.22. The summed E-state index contributed by atoms with van der Waals surface area (Å²) in [5, 5.41) is 3.08. The highest BCUT2D eigenvalue weighted by atomic mass is 16.5. The lowest BCUT2D eigenvalue weighted by atomic mass is 10.1. The van der Waals surface area contributed by atoms with E-state index < -0.39 is 0 Å². The van der Waals surface area contributed by atoms with Gasteiger partial charge >= 0.3 is 0 Å². The summed E-state index contributed by atoms with van der Waals surface area (Å²) in [6, 6.07) is 13.5. The molecule has 29 heavy (non-hydrogen) atoms. The number of aromatic nitrogens is 1. The van der Waals surface area contributed by atoms with Crippen molar-refractivity contribution in [3.8, 4) is 5.75 Å². The Balaban J connectivity index is 1.33. The molecule has 1 amide bonds. The number of ether oxygens (including phenoxy) is 1. The van der Waals surface area contributed by atoms with E-state index in [4.69, 9.17) is 9.15 Å². The van der Waals surface area contributed by atoms with E-state index in [0.717, 1.165) is 42.9 Å². The average molecular weight is 396 g/mol. The van der Waals surface area contributed by atoms with Gasteiger partial charge in [-0.1, -0.05) is 24.6 Å². The van der Waals surface area contributed by atoms with Crippen molar-refractivity contribution in [3.05, 3.63) is 54.4 Å². The van der Waals surface area contributed by atoms with Crippen LogP contribution in [0.1, 0.15) is 36.2 Å². The lowest BCUT2D eigenvalue weighted by Gasteiger charge is -2.26. The van der Waals surface area contributed by atoms with Gasteiger partial charge in [0, 0.05) is 31.8 Å². The van der Waals surface area contributed by atoms with Crippen LogP contribution in [-0.2, 0) is 6.54 Å². The van der Waals surface area contributed by atoms with Gasteiger partial charge in [0.05, 0.1) is 18.4 Å². The number of hydrogen-bond donors (Lipinski definition) is 1. The molecule has 2 aromatic heterocycles. The summed E-state index contributed by atoms with van der Waals surface area (Å²) in [6.07, 6.45) is 6.32. The number of fused-ring (bicyclic) bond motifs is 1. The third kappa shape index (κ3) is 5.01. The molecule has 0 spiro atoms. The van der Waals surface area contributed by atoms with Crippen LogP contribution in [0.2, 0.25) is 0 Å². The SMILES string of the molecule is O=C(NCCN1CCCCC1)c1cc2occc2n1CCCOc1ccccc1. The highest BCUT2D eigenvalue weighted by molar-refractivity contribution is 5.97. The summed E-state index contributed by atoms with van der Waals surface area (Å²) in [5.41, 5.74) is 2.35. The van der Waals surface area contributed by atoms with Crippen molar-refractivity contribution in [2.45, 2.75) is 32.2 Å². The molecule has 1 N–H and O–H groups in total. The van der Waals surface area contributed by atoms with E-state index in [1.54, 1.807) is 6.26 Å². The predicted octanol–water partition coefficient (Wildman–Crippen LogP) is 3.92. The molecule has 1 fully saturated rings. The number of carbonyl (C=O) groups excluding carboxylic acids is 1. The minimum Gasteiger partial charge on any atom is -0.494 e. The molecular weight excluding hydrogens is 366 g/mol. The summed E-state index contributed by atoms with van der Waals surface area (Å²) in [4.78, 5) is 15.2. The molecule has 0 bridgehead atoms. The number of benzene rings is 1. The minimum atomic E-state index is -0.0441. The zero-order valence-corrected chi connectivity index (χ0v) is 16.8. The Morgan fingerprint density at radius 3 is 2.72 bits per heavy atom. The molecule has 3 heterocycles. The number of nitrogens with one attached hydrogen (secondary N) is 1. The molecule has 1 aromatic carbocycles. The van der Waals surface area contributed by atoms with Crippen molar-refractivity contribution < 1.29 is 13.9 Å². The Morgan fingerprint density at radius 1 is 1.07 bits per heavy atom. The Kier molecular flexibility index (Phi) is 6.52. The van der Waals surface area contributed by atoms with Gasteiger partial charge in [-0.25, -0.2) is 0 Å². The van der Waals surface area contributed by atoms with Crippen LogP contribution in [0.25, 0.3) is 11.1 Å². The van der Waals surface area contributed by atoms with Gasteiger partial charge in [-0.2, -0.15) is 0 Å². The molecule has 4 rings (SSSR count). The lowest BCUT2D eigenvalue weighted by molar-refractivity contribution is 0.0937. The van der Waals surface area contributed by atoms with Crippen LogP contribution in [0.15, 0.2) is 53.1 Å². The summed E-state index contributed by atoms with van der Waals surface area (Å²) in [6.45, 7) is 5.15. The van der Waals surface area contributed by atoms with E-state index in [1.165, 1.54) is 19.3 Å². The molecule has 1 aliphatic rings. The monoisotopic (exact) mass is 395 g/mol. The van der Waals surface area contributed by atoms with E-state index in [-0.39, 0.29) is 5.91 Å². The van der Waals surface area contributed by atoms with E-state index in [0.29, 0.717) is 25.4 Å². The smallest absolute Gasteiger partial charge is 0.268 e. The van der Waals surface area contributed by atoms with Crippen LogP contribution >= 0.6 is 0 Å². The molecule has 1 saturated heterocycles. The van der Waals surface area contributed by atoms with Crippen molar-refractivity contribution >= 4 is 17.0 Å². The third-order valence-electron chi connectivity index (χ3n) is 5.46. The average Bonchev–Trinajstić information content (AvgIpc) is 3.35. The Morgan fingerprint density at radius 2 is 1.90 bits per heavy atom. The maximum atomic E-state index is 12.8. The zero-order valence-electron chi connectivity index (χ0n) is 16.8. The van der Waals surface area contributed by atoms with Crippen LogP contribution in [0.3, 0.4) is 0 Å². The van der Waals surface area contributed by atoms with Crippen molar-refractivity contribution in [3.63, 3.8) is 0 Å². The summed E-state index contributed by atoms with van der Waals surface area (Å²) < 4.78 is 13.3. The molecule has 154 valence electrons. The lowest BCUT2D eigenvalue weighted by Crippen LogP contribution is -2.38. The van der Waals surface area contributed by atoms with Crippen LogP contribution in [0.4, 0.5) is 0 Å². The number of aryl methyl sites for hydroxylation is 1. The first-order valence-corrected chi connectivity index (χ1v) is 10.6. The number of nitrogens with zero attached hydrogens (tertiary/aromatic N) is 2. The molecule has 0 atom stereocenters. The van der Waals surface area contributed by atoms with Gasteiger partial charge in [0.15, 0.2) is 5.58 Å². The molecule has 0 unspecified atom stereocenters. The van der Waals surface area contributed by atoms with E-state index in [2.05, 4.69) is 10.2 Å². The second-order valence-corrected chi connectivity index (χ2v) is 7.52. The standard InChI is InChI=1S/C23H29N3O3/c27-23(24-11-15-25-12-5-2-6-13-25)21-18-22-20(10-17-29-22)26(21)14-7-16-28-19-8-3-1-4-9-19/h1,3-4,8-10,17-18H,2,5-7,11-16H2,(H,24,27). The van der Waals surface area contributed by atoms with Gasteiger partial charge in [-0.05, 0) is 44.5 Å². The first-order chi connectivity index (χ1) is 14.3. The quantitative estimate of drug-likeness (QED) is 0.558. The molecule has 1 aliphatic heterocycles. The Labute approximate surface area is 171 Å². The second kappa shape index (κ2) is 9.65. The maximum absolute atomic E-state index is 12.8. The fourth-order valence-corrected chi connectivity index (χ4v) is 3.94.